The van der Waals surface area contributed by atoms with Gasteiger partial charge in [-0.15, -0.1) is 0 Å². The fraction of sp³-hybridized carbons (Fsp3) is 0.500. The van der Waals surface area contributed by atoms with Gasteiger partial charge in [-0.1, -0.05) is 0 Å². The number of nitrogen functional groups attached to an aromatic ring is 1. The van der Waals surface area contributed by atoms with Crippen LogP contribution in [-0.4, -0.2) is 9.78 Å². The van der Waals surface area contributed by atoms with Gasteiger partial charge >= 0.3 is 0 Å². The van der Waals surface area contributed by atoms with Crippen molar-refractivity contribution in [2.75, 3.05) is 5.73 Å². The standard InChI is InChI=1S/C8H12N4/c1-8(2,3)12-5-6(10-4)7(9)11-12/h5H,1-3H3,(H2,9,11). The largest absolute Gasteiger partial charge is 0.391 e. The van der Waals surface area contributed by atoms with E-state index < -0.39 is 0 Å². The quantitative estimate of drug-likeness (QED) is 0.594. The van der Waals surface area contributed by atoms with Crippen LogP contribution in [0, 0.1) is 6.57 Å². The third kappa shape index (κ3) is 1.40. The van der Waals surface area contributed by atoms with Gasteiger partial charge in [0.25, 0.3) is 0 Å². The molecule has 0 radical (unpaired) electrons. The summed E-state index contributed by atoms with van der Waals surface area (Å²) < 4.78 is 1.70. The molecule has 1 heterocycles. The van der Waals surface area contributed by atoms with Crippen LogP contribution in [0.1, 0.15) is 20.8 Å². The molecule has 12 heavy (non-hydrogen) atoms. The van der Waals surface area contributed by atoms with Crippen LogP contribution in [0.15, 0.2) is 6.20 Å². The first-order valence-corrected chi connectivity index (χ1v) is 3.68. The zero-order valence-corrected chi connectivity index (χ0v) is 7.50. The number of nitrogens with zero attached hydrogens (tertiary/aromatic N) is 3. The Morgan fingerprint density at radius 1 is 1.58 bits per heavy atom. The average molecular weight is 164 g/mol. The molecule has 0 aliphatic heterocycles. The predicted molar refractivity (Wildman–Crippen MR) is 47.9 cm³/mol. The van der Waals surface area contributed by atoms with Crippen LogP contribution in [0.3, 0.4) is 0 Å². The zero-order valence-electron chi connectivity index (χ0n) is 7.50. The molecule has 2 N–H and O–H groups in total. The van der Waals surface area contributed by atoms with E-state index in [-0.39, 0.29) is 5.54 Å². The molecule has 0 unspecified atom stereocenters. The molecule has 0 aliphatic carbocycles. The summed E-state index contributed by atoms with van der Waals surface area (Å²) in [4.78, 5) is 3.25. The van der Waals surface area contributed by atoms with Crippen molar-refractivity contribution in [3.63, 3.8) is 0 Å². The molecule has 0 aliphatic rings. The van der Waals surface area contributed by atoms with E-state index >= 15 is 0 Å². The summed E-state index contributed by atoms with van der Waals surface area (Å²) in [5, 5.41) is 4.03. The fourth-order valence-electron chi connectivity index (χ4n) is 0.808. The highest BCUT2D eigenvalue weighted by atomic mass is 15.3. The lowest BCUT2D eigenvalue weighted by atomic mass is 10.1. The van der Waals surface area contributed by atoms with E-state index in [9.17, 15) is 0 Å². The van der Waals surface area contributed by atoms with Gasteiger partial charge in [0.05, 0.1) is 12.1 Å². The third-order valence-electron chi connectivity index (χ3n) is 1.53. The first kappa shape index (κ1) is 8.60. The Kier molecular flexibility index (Phi) is 1.81. The van der Waals surface area contributed by atoms with Gasteiger partial charge in [-0.05, 0) is 20.8 Å². The molecular formula is C8H12N4. The SMILES string of the molecule is [C-]#[N+]c1cn(C(C)(C)C)nc1N. The van der Waals surface area contributed by atoms with Gasteiger partial charge in [-0.3, -0.25) is 4.68 Å². The minimum absolute atomic E-state index is 0.114. The first-order valence-electron chi connectivity index (χ1n) is 3.68. The maximum absolute atomic E-state index is 6.79. The van der Waals surface area contributed by atoms with Crippen molar-refractivity contribution < 1.29 is 0 Å². The zero-order chi connectivity index (χ0) is 9.35. The fourth-order valence-corrected chi connectivity index (χ4v) is 0.808. The Bertz CT molecular complexity index is 324. The molecule has 4 nitrogen and oxygen atoms in total. The Labute approximate surface area is 71.8 Å². The van der Waals surface area contributed by atoms with Gasteiger partial charge in [0.1, 0.15) is 0 Å². The summed E-state index contributed by atoms with van der Waals surface area (Å²) in [5.74, 6) is 0.305. The molecule has 0 atom stereocenters. The van der Waals surface area contributed by atoms with Crippen molar-refractivity contribution in [1.29, 1.82) is 0 Å². The number of nitrogens with two attached hydrogens (primary N) is 1. The number of rotatable bonds is 0. The monoisotopic (exact) mass is 164 g/mol. The molecule has 0 saturated carbocycles. The summed E-state index contributed by atoms with van der Waals surface area (Å²) in [6, 6.07) is 0. The molecule has 1 rings (SSSR count). The van der Waals surface area contributed by atoms with Gasteiger partial charge in [0, 0.05) is 6.20 Å². The molecule has 1 aromatic heterocycles. The Morgan fingerprint density at radius 2 is 2.17 bits per heavy atom. The van der Waals surface area contributed by atoms with Crippen molar-refractivity contribution in [2.24, 2.45) is 0 Å². The van der Waals surface area contributed by atoms with E-state index in [1.165, 1.54) is 0 Å². The highest BCUT2D eigenvalue weighted by Crippen LogP contribution is 2.23. The molecule has 1 aromatic rings. The van der Waals surface area contributed by atoms with Crippen molar-refractivity contribution in [1.82, 2.24) is 9.78 Å². The smallest absolute Gasteiger partial charge is 0.247 e. The number of aromatic nitrogens is 2. The average Bonchev–Trinajstić information content (AvgIpc) is 2.29. The molecule has 0 amide bonds. The van der Waals surface area contributed by atoms with Crippen LogP contribution >= 0.6 is 0 Å². The minimum atomic E-state index is -0.114. The van der Waals surface area contributed by atoms with Crippen LogP contribution in [0.4, 0.5) is 11.5 Å². The van der Waals surface area contributed by atoms with E-state index in [0.29, 0.717) is 11.5 Å². The second kappa shape index (κ2) is 2.52. The van der Waals surface area contributed by atoms with Crippen LogP contribution in [0.5, 0.6) is 0 Å². The van der Waals surface area contributed by atoms with Gasteiger partial charge in [0.2, 0.25) is 5.69 Å². The molecule has 0 saturated heterocycles. The Balaban J connectivity index is 3.16. The summed E-state index contributed by atoms with van der Waals surface area (Å²) in [6.07, 6.45) is 1.67. The Morgan fingerprint density at radius 3 is 2.42 bits per heavy atom. The van der Waals surface area contributed by atoms with Crippen molar-refractivity contribution in [3.8, 4) is 0 Å². The third-order valence-corrected chi connectivity index (χ3v) is 1.53. The molecule has 0 spiro atoms. The lowest BCUT2D eigenvalue weighted by Crippen LogP contribution is -2.22. The minimum Gasteiger partial charge on any atom is -0.391 e. The second-order valence-electron chi connectivity index (χ2n) is 3.63. The maximum atomic E-state index is 6.79. The van der Waals surface area contributed by atoms with Gasteiger partial charge < -0.3 is 5.73 Å². The Hall–Kier alpha value is -1.50. The maximum Gasteiger partial charge on any atom is 0.247 e. The summed E-state index contributed by atoms with van der Waals surface area (Å²) in [5.41, 5.74) is 5.81. The van der Waals surface area contributed by atoms with Crippen LogP contribution in [0.25, 0.3) is 4.85 Å². The van der Waals surface area contributed by atoms with Crippen LogP contribution < -0.4 is 5.73 Å². The number of hydrogen-bond donors (Lipinski definition) is 1. The van der Waals surface area contributed by atoms with Crippen molar-refractivity contribution >= 4 is 11.5 Å². The van der Waals surface area contributed by atoms with Crippen molar-refractivity contribution in [2.45, 2.75) is 26.3 Å². The van der Waals surface area contributed by atoms with E-state index in [0.717, 1.165) is 0 Å². The summed E-state index contributed by atoms with van der Waals surface area (Å²) >= 11 is 0. The topological polar surface area (TPSA) is 48.2 Å². The van der Waals surface area contributed by atoms with E-state index in [2.05, 4.69) is 9.94 Å². The van der Waals surface area contributed by atoms with Gasteiger partial charge in [-0.25, -0.2) is 4.85 Å². The van der Waals surface area contributed by atoms with E-state index in [4.69, 9.17) is 12.3 Å². The first-order chi connectivity index (χ1) is 5.45. The highest BCUT2D eigenvalue weighted by molar-refractivity contribution is 5.61. The molecule has 64 valence electrons. The molecule has 0 bridgehead atoms. The molecule has 0 aromatic carbocycles. The summed E-state index contributed by atoms with van der Waals surface area (Å²) in [7, 11) is 0. The lowest BCUT2D eigenvalue weighted by Gasteiger charge is -2.18. The van der Waals surface area contributed by atoms with Crippen LogP contribution in [0.2, 0.25) is 0 Å². The summed E-state index contributed by atoms with van der Waals surface area (Å²) in [6.45, 7) is 12.8. The second-order valence-corrected chi connectivity index (χ2v) is 3.63. The molecule has 0 fully saturated rings. The number of hydrogen-bond acceptors (Lipinski definition) is 2. The van der Waals surface area contributed by atoms with Gasteiger partial charge in [-0.2, -0.15) is 5.10 Å². The van der Waals surface area contributed by atoms with E-state index in [1.807, 2.05) is 20.8 Å². The van der Waals surface area contributed by atoms with Crippen LogP contribution in [-0.2, 0) is 5.54 Å². The molecular weight excluding hydrogens is 152 g/mol. The predicted octanol–water partition coefficient (Wildman–Crippen LogP) is 1.77. The van der Waals surface area contributed by atoms with Crippen molar-refractivity contribution in [3.05, 3.63) is 17.6 Å². The number of anilines is 1. The van der Waals surface area contributed by atoms with E-state index in [1.54, 1.807) is 10.9 Å². The molecule has 4 heteroatoms. The normalized spacial score (nSPS) is 11.2. The highest BCUT2D eigenvalue weighted by Gasteiger charge is 2.16. The van der Waals surface area contributed by atoms with Gasteiger partial charge in [0.15, 0.2) is 5.82 Å². The lowest BCUT2D eigenvalue weighted by molar-refractivity contribution is 0.357.